The maximum absolute atomic E-state index is 11.6. The zero-order valence-electron chi connectivity index (χ0n) is 13.3. The van der Waals surface area contributed by atoms with Crippen molar-refractivity contribution in [2.24, 2.45) is 0 Å². The van der Waals surface area contributed by atoms with E-state index >= 15 is 0 Å². The minimum Gasteiger partial charge on any atom is -0.480 e. The molecule has 1 saturated heterocycles. The van der Waals surface area contributed by atoms with Gasteiger partial charge in [-0.25, -0.2) is 4.98 Å². The van der Waals surface area contributed by atoms with Gasteiger partial charge in [0, 0.05) is 26.2 Å². The summed E-state index contributed by atoms with van der Waals surface area (Å²) in [5.41, 5.74) is 1.05. The van der Waals surface area contributed by atoms with E-state index in [9.17, 15) is 9.59 Å². The van der Waals surface area contributed by atoms with Crippen molar-refractivity contribution in [2.45, 2.75) is 6.54 Å². The number of thiazole rings is 1. The summed E-state index contributed by atoms with van der Waals surface area (Å²) in [5, 5.41) is 12.1. The molecular weight excluding hydrogens is 328 g/mol. The zero-order valence-corrected chi connectivity index (χ0v) is 14.1. The Kier molecular flexibility index (Phi) is 5.39. The van der Waals surface area contributed by atoms with Gasteiger partial charge < -0.3 is 10.4 Å². The lowest BCUT2D eigenvalue weighted by atomic mass is 10.3. The standard InChI is InChI=1S/C16H20N4O3S/c21-14(17-9-16(22)23)10-19-5-7-20(8-6-19)11-15-18-12-3-1-2-4-13(12)24-15/h1-4H,5-11H2,(H,17,21)(H,22,23). The molecule has 0 radical (unpaired) electrons. The average Bonchev–Trinajstić information content (AvgIpc) is 2.97. The van der Waals surface area contributed by atoms with Crippen LogP contribution in [0.2, 0.25) is 0 Å². The van der Waals surface area contributed by atoms with E-state index in [0.29, 0.717) is 0 Å². The first-order valence-corrected chi connectivity index (χ1v) is 8.69. The number of hydrogen-bond acceptors (Lipinski definition) is 6. The monoisotopic (exact) mass is 348 g/mol. The van der Waals surface area contributed by atoms with Gasteiger partial charge in [0.15, 0.2) is 0 Å². The Labute approximate surface area is 143 Å². The van der Waals surface area contributed by atoms with E-state index in [0.717, 1.165) is 43.2 Å². The molecule has 1 aliphatic heterocycles. The summed E-state index contributed by atoms with van der Waals surface area (Å²) >= 11 is 1.73. The van der Waals surface area contributed by atoms with Crippen LogP contribution in [0, 0.1) is 0 Å². The minimum atomic E-state index is -1.02. The topological polar surface area (TPSA) is 85.8 Å². The molecule has 2 heterocycles. The number of nitrogens with one attached hydrogen (secondary N) is 1. The number of rotatable bonds is 6. The van der Waals surface area contributed by atoms with Crippen molar-refractivity contribution in [3.05, 3.63) is 29.3 Å². The van der Waals surface area contributed by atoms with Crippen LogP contribution in [0.4, 0.5) is 0 Å². The number of aromatic nitrogens is 1. The smallest absolute Gasteiger partial charge is 0.322 e. The summed E-state index contributed by atoms with van der Waals surface area (Å²) in [7, 11) is 0. The Morgan fingerprint density at radius 2 is 1.88 bits per heavy atom. The van der Waals surface area contributed by atoms with Gasteiger partial charge in [0.2, 0.25) is 5.91 Å². The Bertz CT molecular complexity index is 692. The third-order valence-corrected chi connectivity index (χ3v) is 4.99. The van der Waals surface area contributed by atoms with E-state index in [1.807, 2.05) is 23.1 Å². The number of benzene rings is 1. The highest BCUT2D eigenvalue weighted by Gasteiger charge is 2.20. The Hall–Kier alpha value is -2.03. The number of para-hydroxylation sites is 1. The van der Waals surface area contributed by atoms with Crippen LogP contribution < -0.4 is 5.32 Å². The molecule has 0 spiro atoms. The van der Waals surface area contributed by atoms with Crippen molar-refractivity contribution in [1.82, 2.24) is 20.1 Å². The summed E-state index contributed by atoms with van der Waals surface area (Å²) < 4.78 is 1.21. The highest BCUT2D eigenvalue weighted by molar-refractivity contribution is 7.18. The second-order valence-corrected chi connectivity index (χ2v) is 6.91. The van der Waals surface area contributed by atoms with Crippen molar-refractivity contribution in [3.63, 3.8) is 0 Å². The van der Waals surface area contributed by atoms with Gasteiger partial charge in [0.05, 0.1) is 23.3 Å². The third-order valence-electron chi connectivity index (χ3n) is 3.97. The number of carbonyl (C=O) groups is 2. The molecule has 1 aliphatic rings. The fourth-order valence-electron chi connectivity index (χ4n) is 2.72. The summed E-state index contributed by atoms with van der Waals surface area (Å²) in [6, 6.07) is 8.14. The van der Waals surface area contributed by atoms with Gasteiger partial charge in [0.1, 0.15) is 11.6 Å². The average molecular weight is 348 g/mol. The van der Waals surface area contributed by atoms with E-state index in [1.54, 1.807) is 11.3 Å². The molecule has 0 unspecified atom stereocenters. The van der Waals surface area contributed by atoms with Gasteiger partial charge in [-0.2, -0.15) is 0 Å². The molecule has 2 N–H and O–H groups in total. The van der Waals surface area contributed by atoms with Gasteiger partial charge in [-0.1, -0.05) is 12.1 Å². The lowest BCUT2D eigenvalue weighted by Gasteiger charge is -2.33. The molecule has 2 aromatic rings. The maximum atomic E-state index is 11.6. The molecule has 24 heavy (non-hydrogen) atoms. The van der Waals surface area contributed by atoms with Crippen molar-refractivity contribution in [1.29, 1.82) is 0 Å². The van der Waals surface area contributed by atoms with Crippen LogP contribution in [0.5, 0.6) is 0 Å². The van der Waals surface area contributed by atoms with Crippen molar-refractivity contribution < 1.29 is 14.7 Å². The first-order chi connectivity index (χ1) is 11.6. The maximum Gasteiger partial charge on any atom is 0.322 e. The number of aliphatic carboxylic acids is 1. The summed E-state index contributed by atoms with van der Waals surface area (Å²) in [5.74, 6) is -1.26. The summed E-state index contributed by atoms with van der Waals surface area (Å²) in [6.07, 6.45) is 0. The quantitative estimate of drug-likeness (QED) is 0.796. The molecule has 0 aliphatic carbocycles. The van der Waals surface area contributed by atoms with E-state index in [1.165, 1.54) is 4.70 Å². The van der Waals surface area contributed by atoms with Crippen LogP contribution >= 0.6 is 11.3 Å². The molecular formula is C16H20N4O3S. The number of fused-ring (bicyclic) bond motifs is 1. The second kappa shape index (κ2) is 7.69. The molecule has 1 aromatic heterocycles. The fourth-order valence-corrected chi connectivity index (χ4v) is 3.73. The molecule has 0 saturated carbocycles. The zero-order chi connectivity index (χ0) is 16.9. The van der Waals surface area contributed by atoms with Crippen LogP contribution in [0.1, 0.15) is 5.01 Å². The molecule has 1 aromatic carbocycles. The molecule has 1 fully saturated rings. The molecule has 0 bridgehead atoms. The van der Waals surface area contributed by atoms with E-state index in [-0.39, 0.29) is 19.0 Å². The van der Waals surface area contributed by atoms with E-state index in [4.69, 9.17) is 5.11 Å². The van der Waals surface area contributed by atoms with Crippen LogP contribution in [0.25, 0.3) is 10.2 Å². The predicted octanol–water partition coefficient (Wildman–Crippen LogP) is 0.615. The first kappa shape index (κ1) is 16.8. The molecule has 0 atom stereocenters. The largest absolute Gasteiger partial charge is 0.480 e. The van der Waals surface area contributed by atoms with E-state index < -0.39 is 5.97 Å². The number of carbonyl (C=O) groups excluding carboxylic acids is 1. The van der Waals surface area contributed by atoms with Crippen LogP contribution in [-0.2, 0) is 16.1 Å². The Balaban J connectivity index is 1.45. The Morgan fingerprint density at radius 3 is 2.58 bits per heavy atom. The number of nitrogens with zero attached hydrogens (tertiary/aromatic N) is 3. The van der Waals surface area contributed by atoms with Gasteiger partial charge in [-0.3, -0.25) is 19.4 Å². The normalized spacial score (nSPS) is 16.3. The number of amides is 1. The number of piperazine rings is 1. The van der Waals surface area contributed by atoms with Gasteiger partial charge in [-0.15, -0.1) is 11.3 Å². The molecule has 3 rings (SSSR count). The third kappa shape index (κ3) is 4.50. The lowest BCUT2D eigenvalue weighted by molar-refractivity contribution is -0.138. The van der Waals surface area contributed by atoms with Crippen LogP contribution in [0.15, 0.2) is 24.3 Å². The predicted molar refractivity (Wildman–Crippen MR) is 92.0 cm³/mol. The van der Waals surface area contributed by atoms with Crippen LogP contribution in [-0.4, -0.2) is 71.0 Å². The van der Waals surface area contributed by atoms with Crippen molar-refractivity contribution >= 4 is 33.4 Å². The summed E-state index contributed by atoms with van der Waals surface area (Å²) in [6.45, 7) is 4.11. The molecule has 128 valence electrons. The van der Waals surface area contributed by atoms with Gasteiger partial charge in [-0.05, 0) is 12.1 Å². The number of hydrogen-bond donors (Lipinski definition) is 2. The summed E-state index contributed by atoms with van der Waals surface area (Å²) in [4.78, 5) is 31.1. The van der Waals surface area contributed by atoms with Crippen molar-refractivity contribution in [3.8, 4) is 0 Å². The number of carboxylic acids is 1. The first-order valence-electron chi connectivity index (χ1n) is 7.88. The molecule has 8 heteroatoms. The van der Waals surface area contributed by atoms with Crippen LogP contribution in [0.3, 0.4) is 0 Å². The second-order valence-electron chi connectivity index (χ2n) is 5.80. The molecule has 7 nitrogen and oxygen atoms in total. The van der Waals surface area contributed by atoms with Crippen molar-refractivity contribution in [2.75, 3.05) is 39.3 Å². The van der Waals surface area contributed by atoms with E-state index in [2.05, 4.69) is 21.3 Å². The van der Waals surface area contributed by atoms with Gasteiger partial charge in [0.25, 0.3) is 0 Å². The van der Waals surface area contributed by atoms with Gasteiger partial charge >= 0.3 is 5.97 Å². The fraction of sp³-hybridized carbons (Fsp3) is 0.438. The highest BCUT2D eigenvalue weighted by atomic mass is 32.1. The molecule has 1 amide bonds. The number of carboxylic acid groups (broad SMARTS) is 1. The Morgan fingerprint density at radius 1 is 1.17 bits per heavy atom. The lowest BCUT2D eigenvalue weighted by Crippen LogP contribution is -2.49. The highest BCUT2D eigenvalue weighted by Crippen LogP contribution is 2.22. The minimum absolute atomic E-state index is 0.239. The SMILES string of the molecule is O=C(O)CNC(=O)CN1CCN(Cc2nc3ccccc3s2)CC1.